The number of para-hydroxylation sites is 2. The Labute approximate surface area is 138 Å². The van der Waals surface area contributed by atoms with Crippen molar-refractivity contribution in [1.82, 2.24) is 0 Å². The third kappa shape index (κ3) is 3.37. The van der Waals surface area contributed by atoms with Crippen molar-refractivity contribution in [2.75, 3.05) is 10.4 Å². The van der Waals surface area contributed by atoms with Gasteiger partial charge in [-0.15, -0.1) is 0 Å². The molecule has 0 saturated carbocycles. The van der Waals surface area contributed by atoms with E-state index < -0.39 is 8.73 Å². The number of halogens is 2. The van der Waals surface area contributed by atoms with Crippen LogP contribution in [-0.4, -0.2) is 10.2 Å². The maximum atomic E-state index is 6.36. The van der Waals surface area contributed by atoms with Crippen LogP contribution in [0.25, 0.3) is 0 Å². The Balaban J connectivity index is 2.00. The average Bonchev–Trinajstić information content (AvgIpc) is 2.86. The van der Waals surface area contributed by atoms with Gasteiger partial charge in [-0.3, -0.25) is 5.43 Å². The molecule has 1 aliphatic rings. The van der Waals surface area contributed by atoms with Gasteiger partial charge in [-0.2, -0.15) is 4.40 Å². The molecular weight excluding hydrogens is 345 g/mol. The van der Waals surface area contributed by atoms with Crippen LogP contribution in [0.1, 0.15) is 0 Å². The van der Waals surface area contributed by atoms with Crippen LogP contribution in [-0.2, 0) is 0 Å². The second kappa shape index (κ2) is 6.75. The number of hydrogen-bond acceptors (Lipinski definition) is 4. The van der Waals surface area contributed by atoms with Gasteiger partial charge in [0.2, 0.25) is 0 Å². The third-order valence-electron chi connectivity index (χ3n) is 2.74. The Bertz CT molecular complexity index is 690. The van der Waals surface area contributed by atoms with Gasteiger partial charge in [0.05, 0.1) is 22.4 Å². The summed E-state index contributed by atoms with van der Waals surface area (Å²) < 4.78 is 4.15. The second-order valence-electron chi connectivity index (χ2n) is 4.13. The van der Waals surface area contributed by atoms with Gasteiger partial charge in [-0.05, 0) is 34.9 Å². The van der Waals surface area contributed by atoms with E-state index in [1.807, 2.05) is 65.7 Å². The van der Waals surface area contributed by atoms with E-state index >= 15 is 0 Å². The van der Waals surface area contributed by atoms with Gasteiger partial charge in [-0.25, -0.2) is 5.01 Å². The molecule has 1 unspecified atom stereocenters. The minimum Gasteiger partial charge on any atom is -0.293 e. The van der Waals surface area contributed by atoms with Crippen molar-refractivity contribution in [2.24, 2.45) is 4.40 Å². The van der Waals surface area contributed by atoms with Crippen LogP contribution in [0, 0.1) is 0 Å². The lowest BCUT2D eigenvalue weighted by molar-refractivity contribution is 1.24. The molecule has 3 nitrogen and oxygen atoms in total. The zero-order chi connectivity index (χ0) is 14.7. The average molecular weight is 356 g/mol. The van der Waals surface area contributed by atoms with Gasteiger partial charge < -0.3 is 0 Å². The fraction of sp³-hybridized carbons (Fsp3) is 0. The number of rotatable bonds is 3. The standard InChI is InChI=1S/C14H11Cl2N3S2/c15-13-14(21(16)20-18-13)19(12-9-5-2-6-10-12)17-11-7-3-1-4-8-11/h1-10,17H. The molecule has 0 bridgehead atoms. The fourth-order valence-corrected chi connectivity index (χ4v) is 5.21. The quantitative estimate of drug-likeness (QED) is 0.351. The van der Waals surface area contributed by atoms with Crippen molar-refractivity contribution < 1.29 is 0 Å². The van der Waals surface area contributed by atoms with Gasteiger partial charge in [-0.1, -0.05) is 48.0 Å². The number of nitrogens with one attached hydrogen (secondary N) is 1. The molecule has 0 aromatic heterocycles. The van der Waals surface area contributed by atoms with Crippen LogP contribution >= 0.6 is 42.0 Å². The Kier molecular flexibility index (Phi) is 4.75. The molecule has 2 aromatic rings. The smallest absolute Gasteiger partial charge is 0.171 e. The Hall–Kier alpha value is -1.14. The van der Waals surface area contributed by atoms with E-state index in [4.69, 9.17) is 22.3 Å². The highest BCUT2D eigenvalue weighted by atomic mass is 35.7. The summed E-state index contributed by atoms with van der Waals surface area (Å²) in [5, 5.41) is 2.31. The Morgan fingerprint density at radius 2 is 1.62 bits per heavy atom. The number of nitrogens with zero attached hydrogens (tertiary/aromatic N) is 2. The van der Waals surface area contributed by atoms with Gasteiger partial charge >= 0.3 is 0 Å². The SMILES string of the molecule is ClC1=NSS(Cl)=C1N(Nc1ccccc1)c1ccccc1. The lowest BCUT2D eigenvalue weighted by Gasteiger charge is -2.26. The Morgan fingerprint density at radius 3 is 2.19 bits per heavy atom. The van der Waals surface area contributed by atoms with Gasteiger partial charge in [0.15, 0.2) is 10.2 Å². The highest BCUT2D eigenvalue weighted by Crippen LogP contribution is 2.44. The predicted molar refractivity (Wildman–Crippen MR) is 98.3 cm³/mol. The maximum absolute atomic E-state index is 6.36. The summed E-state index contributed by atoms with van der Waals surface area (Å²) in [6, 6.07) is 19.8. The first kappa shape index (κ1) is 14.8. The van der Waals surface area contributed by atoms with Gasteiger partial charge in [0.25, 0.3) is 0 Å². The van der Waals surface area contributed by atoms with Crippen molar-refractivity contribution in [3.8, 4) is 0 Å². The summed E-state index contributed by atoms with van der Waals surface area (Å²) in [5.41, 5.74) is 5.24. The first-order valence-corrected chi connectivity index (χ1v) is 9.83. The lowest BCUT2D eigenvalue weighted by Crippen LogP contribution is -2.38. The molecule has 1 heterocycles. The van der Waals surface area contributed by atoms with E-state index in [-0.39, 0.29) is 0 Å². The molecule has 1 N–H and O–H groups in total. The molecule has 7 heteroatoms. The van der Waals surface area contributed by atoms with Crippen molar-refractivity contribution in [3.05, 3.63) is 60.7 Å². The van der Waals surface area contributed by atoms with E-state index in [0.29, 0.717) is 5.17 Å². The summed E-state index contributed by atoms with van der Waals surface area (Å²) in [6.07, 6.45) is 0. The molecule has 0 spiro atoms. The number of benzene rings is 2. The number of anilines is 2. The molecule has 0 fully saturated rings. The molecule has 1 aliphatic heterocycles. The zero-order valence-corrected chi connectivity index (χ0v) is 13.9. The molecule has 2 aromatic carbocycles. The zero-order valence-electron chi connectivity index (χ0n) is 10.7. The molecule has 0 aliphatic carbocycles. The summed E-state index contributed by atoms with van der Waals surface area (Å²) in [6.45, 7) is 0. The van der Waals surface area contributed by atoms with Crippen LogP contribution in [0.3, 0.4) is 0 Å². The fourth-order valence-electron chi connectivity index (χ4n) is 1.82. The summed E-state index contributed by atoms with van der Waals surface area (Å²) in [5.74, 6) is 0. The van der Waals surface area contributed by atoms with E-state index in [0.717, 1.165) is 16.4 Å². The summed E-state index contributed by atoms with van der Waals surface area (Å²) >= 11 is 6.22. The van der Waals surface area contributed by atoms with E-state index in [9.17, 15) is 0 Å². The molecular formula is C14H11Cl2N3S2. The largest absolute Gasteiger partial charge is 0.293 e. The van der Waals surface area contributed by atoms with E-state index in [2.05, 4.69) is 9.82 Å². The van der Waals surface area contributed by atoms with Crippen molar-refractivity contribution >= 4 is 63.5 Å². The van der Waals surface area contributed by atoms with Gasteiger partial charge in [0, 0.05) is 8.73 Å². The maximum Gasteiger partial charge on any atom is 0.171 e. The van der Waals surface area contributed by atoms with Crippen LogP contribution in [0.2, 0.25) is 0 Å². The minimum absolute atomic E-state index is 0.422. The predicted octanol–water partition coefficient (Wildman–Crippen LogP) is 5.29. The topological polar surface area (TPSA) is 27.6 Å². The first-order valence-electron chi connectivity index (χ1n) is 6.11. The molecule has 1 atom stereocenters. The van der Waals surface area contributed by atoms with E-state index in [1.165, 1.54) is 11.0 Å². The van der Waals surface area contributed by atoms with E-state index in [1.54, 1.807) is 0 Å². The van der Waals surface area contributed by atoms with Crippen molar-refractivity contribution in [3.63, 3.8) is 0 Å². The number of hydrazine groups is 1. The normalized spacial score (nSPS) is 17.5. The van der Waals surface area contributed by atoms with Crippen LogP contribution < -0.4 is 10.4 Å². The third-order valence-corrected chi connectivity index (χ3v) is 6.32. The van der Waals surface area contributed by atoms with Crippen LogP contribution in [0.5, 0.6) is 0 Å². The minimum atomic E-state index is -0.612. The molecule has 21 heavy (non-hydrogen) atoms. The van der Waals surface area contributed by atoms with Crippen molar-refractivity contribution in [1.29, 1.82) is 0 Å². The lowest BCUT2D eigenvalue weighted by atomic mass is 10.3. The molecule has 0 amide bonds. The summed E-state index contributed by atoms with van der Waals surface area (Å²) in [4.78, 5) is 0.762. The molecule has 0 saturated heterocycles. The monoisotopic (exact) mass is 355 g/mol. The molecule has 108 valence electrons. The number of hydrogen-bond donors (Lipinski definition) is 1. The van der Waals surface area contributed by atoms with Crippen molar-refractivity contribution in [2.45, 2.75) is 0 Å². The van der Waals surface area contributed by atoms with Gasteiger partial charge in [0.1, 0.15) is 0 Å². The Morgan fingerprint density at radius 1 is 1.00 bits per heavy atom. The first-order chi connectivity index (χ1) is 10.3. The second-order valence-corrected chi connectivity index (χ2v) is 8.58. The molecule has 3 rings (SSSR count). The summed E-state index contributed by atoms with van der Waals surface area (Å²) in [7, 11) is 7.02. The highest BCUT2D eigenvalue weighted by molar-refractivity contribution is 8.92. The van der Waals surface area contributed by atoms with Crippen LogP contribution in [0.4, 0.5) is 11.4 Å². The highest BCUT2D eigenvalue weighted by Gasteiger charge is 2.25. The molecule has 0 radical (unpaired) electrons. The van der Waals surface area contributed by atoms with Crippen LogP contribution in [0.15, 0.2) is 65.1 Å².